The lowest BCUT2D eigenvalue weighted by Gasteiger charge is -2.22. The number of hydrogen-bond acceptors (Lipinski definition) is 2. The molecule has 0 bridgehead atoms. The number of piperidine rings is 1. The van der Waals surface area contributed by atoms with Crippen molar-refractivity contribution in [1.29, 1.82) is 0 Å². The van der Waals surface area contributed by atoms with Gasteiger partial charge in [-0.1, -0.05) is 17.7 Å². The van der Waals surface area contributed by atoms with E-state index in [4.69, 9.17) is 11.6 Å². The second-order valence-corrected chi connectivity index (χ2v) is 3.82. The molecule has 2 nitrogen and oxygen atoms in total. The van der Waals surface area contributed by atoms with Crippen LogP contribution in [0.3, 0.4) is 0 Å². The Morgan fingerprint density at radius 3 is 2.93 bits per heavy atom. The SMILES string of the molecule is Cl.Clc1cccc(C2CCCNC2)n1. The van der Waals surface area contributed by atoms with Crippen LogP contribution < -0.4 is 5.32 Å². The molecule has 1 aromatic heterocycles. The molecule has 14 heavy (non-hydrogen) atoms. The van der Waals surface area contributed by atoms with Crippen molar-refractivity contribution in [3.05, 3.63) is 29.0 Å². The maximum atomic E-state index is 5.83. The van der Waals surface area contributed by atoms with Crippen LogP contribution in [0.25, 0.3) is 0 Å². The number of nitrogens with one attached hydrogen (secondary N) is 1. The molecule has 1 saturated heterocycles. The summed E-state index contributed by atoms with van der Waals surface area (Å²) in [5, 5.41) is 3.97. The van der Waals surface area contributed by atoms with Gasteiger partial charge in [-0.2, -0.15) is 0 Å². The van der Waals surface area contributed by atoms with E-state index in [1.54, 1.807) is 0 Å². The fourth-order valence-corrected chi connectivity index (χ4v) is 1.93. The average molecular weight is 233 g/mol. The van der Waals surface area contributed by atoms with Crippen molar-refractivity contribution in [2.45, 2.75) is 18.8 Å². The van der Waals surface area contributed by atoms with E-state index in [1.807, 2.05) is 12.1 Å². The molecule has 2 rings (SSSR count). The third-order valence-corrected chi connectivity index (χ3v) is 2.66. The fraction of sp³-hybridized carbons (Fsp3) is 0.500. The van der Waals surface area contributed by atoms with Crippen LogP contribution in [0, 0.1) is 0 Å². The molecular formula is C10H14Cl2N2. The van der Waals surface area contributed by atoms with Gasteiger partial charge in [0.25, 0.3) is 0 Å². The molecule has 1 atom stereocenters. The van der Waals surface area contributed by atoms with Gasteiger partial charge in [0, 0.05) is 18.2 Å². The van der Waals surface area contributed by atoms with Crippen LogP contribution in [0.2, 0.25) is 5.15 Å². The zero-order chi connectivity index (χ0) is 9.10. The van der Waals surface area contributed by atoms with Crippen LogP contribution >= 0.6 is 24.0 Å². The first-order chi connectivity index (χ1) is 6.36. The van der Waals surface area contributed by atoms with Gasteiger partial charge in [0.2, 0.25) is 0 Å². The van der Waals surface area contributed by atoms with Gasteiger partial charge in [0.15, 0.2) is 0 Å². The molecule has 1 fully saturated rings. The second-order valence-electron chi connectivity index (χ2n) is 3.43. The largest absolute Gasteiger partial charge is 0.316 e. The van der Waals surface area contributed by atoms with Gasteiger partial charge in [-0.25, -0.2) is 4.98 Å². The lowest BCUT2D eigenvalue weighted by atomic mass is 9.96. The molecule has 2 heterocycles. The van der Waals surface area contributed by atoms with Crippen molar-refractivity contribution >= 4 is 24.0 Å². The summed E-state index contributed by atoms with van der Waals surface area (Å²) in [7, 11) is 0. The Morgan fingerprint density at radius 2 is 2.29 bits per heavy atom. The number of hydrogen-bond donors (Lipinski definition) is 1. The molecule has 1 aromatic rings. The normalized spacial score (nSPS) is 21.4. The van der Waals surface area contributed by atoms with Crippen LogP contribution in [0.5, 0.6) is 0 Å². The Bertz CT molecular complexity index is 285. The summed E-state index contributed by atoms with van der Waals surface area (Å²) in [6.45, 7) is 2.17. The molecular weight excluding hydrogens is 219 g/mol. The van der Waals surface area contributed by atoms with Gasteiger partial charge in [0.1, 0.15) is 5.15 Å². The Morgan fingerprint density at radius 1 is 1.43 bits per heavy atom. The summed E-state index contributed by atoms with van der Waals surface area (Å²) in [6.07, 6.45) is 2.46. The van der Waals surface area contributed by atoms with Crippen molar-refractivity contribution in [3.63, 3.8) is 0 Å². The third kappa shape index (κ3) is 2.84. The Labute approximate surface area is 95.5 Å². The molecule has 0 aliphatic carbocycles. The maximum Gasteiger partial charge on any atom is 0.129 e. The van der Waals surface area contributed by atoms with Gasteiger partial charge >= 0.3 is 0 Å². The van der Waals surface area contributed by atoms with E-state index < -0.39 is 0 Å². The Balaban J connectivity index is 0.000000980. The molecule has 1 aliphatic rings. The number of nitrogens with zero attached hydrogens (tertiary/aromatic N) is 1. The first kappa shape index (κ1) is 11.8. The molecule has 0 amide bonds. The van der Waals surface area contributed by atoms with Crippen molar-refractivity contribution in [2.24, 2.45) is 0 Å². The van der Waals surface area contributed by atoms with E-state index in [1.165, 1.54) is 12.8 Å². The monoisotopic (exact) mass is 232 g/mol. The summed E-state index contributed by atoms with van der Waals surface area (Å²) < 4.78 is 0. The zero-order valence-electron chi connectivity index (χ0n) is 7.87. The molecule has 1 unspecified atom stereocenters. The lowest BCUT2D eigenvalue weighted by molar-refractivity contribution is 0.455. The molecule has 1 aliphatic heterocycles. The highest BCUT2D eigenvalue weighted by Crippen LogP contribution is 2.22. The van der Waals surface area contributed by atoms with Crippen molar-refractivity contribution in [2.75, 3.05) is 13.1 Å². The average Bonchev–Trinajstić information content (AvgIpc) is 2.19. The van der Waals surface area contributed by atoms with E-state index in [0.717, 1.165) is 18.8 Å². The molecule has 0 aromatic carbocycles. The molecule has 0 spiro atoms. The minimum Gasteiger partial charge on any atom is -0.316 e. The van der Waals surface area contributed by atoms with Crippen molar-refractivity contribution in [1.82, 2.24) is 10.3 Å². The number of pyridine rings is 1. The highest BCUT2D eigenvalue weighted by molar-refractivity contribution is 6.29. The highest BCUT2D eigenvalue weighted by Gasteiger charge is 2.15. The summed E-state index contributed by atoms with van der Waals surface area (Å²) in [6, 6.07) is 5.85. The first-order valence-electron chi connectivity index (χ1n) is 4.69. The van der Waals surface area contributed by atoms with Gasteiger partial charge in [-0.05, 0) is 31.5 Å². The highest BCUT2D eigenvalue weighted by atomic mass is 35.5. The summed E-state index contributed by atoms with van der Waals surface area (Å²) in [5.74, 6) is 0.549. The summed E-state index contributed by atoms with van der Waals surface area (Å²) in [4.78, 5) is 4.32. The van der Waals surface area contributed by atoms with Gasteiger partial charge in [-0.3, -0.25) is 0 Å². The van der Waals surface area contributed by atoms with E-state index in [-0.39, 0.29) is 12.4 Å². The Hall–Kier alpha value is -0.310. The molecule has 78 valence electrons. The third-order valence-electron chi connectivity index (χ3n) is 2.45. The molecule has 0 saturated carbocycles. The number of halogens is 2. The number of aromatic nitrogens is 1. The fourth-order valence-electron chi connectivity index (χ4n) is 1.76. The van der Waals surface area contributed by atoms with Gasteiger partial charge in [0.05, 0.1) is 0 Å². The van der Waals surface area contributed by atoms with Crippen LogP contribution in [0.1, 0.15) is 24.5 Å². The number of rotatable bonds is 1. The van der Waals surface area contributed by atoms with Crippen molar-refractivity contribution < 1.29 is 0 Å². The van der Waals surface area contributed by atoms with E-state index in [0.29, 0.717) is 11.1 Å². The lowest BCUT2D eigenvalue weighted by Crippen LogP contribution is -2.28. The predicted molar refractivity (Wildman–Crippen MR) is 61.3 cm³/mol. The van der Waals surface area contributed by atoms with Gasteiger partial charge in [-0.15, -0.1) is 12.4 Å². The van der Waals surface area contributed by atoms with Crippen molar-refractivity contribution in [3.8, 4) is 0 Å². The van der Waals surface area contributed by atoms with Crippen LogP contribution in [0.15, 0.2) is 18.2 Å². The standard InChI is InChI=1S/C10H13ClN2.ClH/c11-10-5-1-4-9(13-10)8-3-2-6-12-7-8;/h1,4-5,8,12H,2-3,6-7H2;1H. The zero-order valence-corrected chi connectivity index (χ0v) is 9.44. The minimum atomic E-state index is 0. The summed E-state index contributed by atoms with van der Waals surface area (Å²) in [5.41, 5.74) is 1.12. The Kier molecular flexibility index (Phi) is 4.66. The smallest absolute Gasteiger partial charge is 0.129 e. The maximum absolute atomic E-state index is 5.83. The van der Waals surface area contributed by atoms with E-state index in [2.05, 4.69) is 16.4 Å². The predicted octanol–water partition coefficient (Wildman–Crippen LogP) is 2.62. The summed E-state index contributed by atoms with van der Waals surface area (Å²) >= 11 is 5.83. The molecule has 4 heteroatoms. The van der Waals surface area contributed by atoms with E-state index >= 15 is 0 Å². The van der Waals surface area contributed by atoms with Crippen LogP contribution in [0.4, 0.5) is 0 Å². The second kappa shape index (κ2) is 5.54. The topological polar surface area (TPSA) is 24.9 Å². The molecule has 0 radical (unpaired) electrons. The quantitative estimate of drug-likeness (QED) is 0.754. The minimum absolute atomic E-state index is 0. The molecule has 1 N–H and O–H groups in total. The van der Waals surface area contributed by atoms with E-state index in [9.17, 15) is 0 Å². The van der Waals surface area contributed by atoms with Crippen LogP contribution in [-0.2, 0) is 0 Å². The van der Waals surface area contributed by atoms with Gasteiger partial charge < -0.3 is 5.32 Å². The first-order valence-corrected chi connectivity index (χ1v) is 5.07. The van der Waals surface area contributed by atoms with Crippen LogP contribution in [-0.4, -0.2) is 18.1 Å².